The van der Waals surface area contributed by atoms with Gasteiger partial charge in [0, 0.05) is 5.69 Å². The van der Waals surface area contributed by atoms with Crippen molar-refractivity contribution in [3.05, 3.63) is 59.4 Å². The number of hydrogen-bond acceptors (Lipinski definition) is 2. The van der Waals surface area contributed by atoms with Crippen LogP contribution >= 0.6 is 0 Å². The van der Waals surface area contributed by atoms with Gasteiger partial charge in [0.1, 0.15) is 11.6 Å². The number of anilines is 1. The Morgan fingerprint density at radius 1 is 1.24 bits per heavy atom. The number of ether oxygens (including phenoxy) is 1. The van der Waals surface area contributed by atoms with Crippen LogP contribution in [-0.4, -0.2) is 12.5 Å². The standard InChI is InChI=1S/C17H18FNO2/c1-3-13-5-4-6-15(9-13)21-11-17(20)19-16-10-14(18)8-7-12(16)2/h4-10H,3,11H2,1-2H3,(H,19,20). The second-order valence-electron chi connectivity index (χ2n) is 4.80. The maximum absolute atomic E-state index is 13.1. The summed E-state index contributed by atoms with van der Waals surface area (Å²) < 4.78 is 18.6. The van der Waals surface area contributed by atoms with E-state index < -0.39 is 0 Å². The zero-order valence-corrected chi connectivity index (χ0v) is 12.2. The van der Waals surface area contributed by atoms with Gasteiger partial charge in [-0.2, -0.15) is 0 Å². The summed E-state index contributed by atoms with van der Waals surface area (Å²) in [5.74, 6) is -0.0430. The highest BCUT2D eigenvalue weighted by molar-refractivity contribution is 5.92. The minimum Gasteiger partial charge on any atom is -0.484 e. The van der Waals surface area contributed by atoms with E-state index in [0.717, 1.165) is 17.5 Å². The van der Waals surface area contributed by atoms with Gasteiger partial charge >= 0.3 is 0 Å². The number of carbonyl (C=O) groups is 1. The summed E-state index contributed by atoms with van der Waals surface area (Å²) in [7, 11) is 0. The van der Waals surface area contributed by atoms with Crippen molar-refractivity contribution in [2.24, 2.45) is 0 Å². The second-order valence-corrected chi connectivity index (χ2v) is 4.80. The van der Waals surface area contributed by atoms with Crippen LogP contribution in [0.15, 0.2) is 42.5 Å². The molecule has 0 aliphatic carbocycles. The minimum atomic E-state index is -0.382. The molecule has 1 amide bonds. The molecule has 0 radical (unpaired) electrons. The molecule has 0 unspecified atom stereocenters. The zero-order chi connectivity index (χ0) is 15.2. The monoisotopic (exact) mass is 287 g/mol. The van der Waals surface area contributed by atoms with Crippen LogP contribution < -0.4 is 10.1 Å². The molecular weight excluding hydrogens is 269 g/mol. The van der Waals surface area contributed by atoms with E-state index in [1.807, 2.05) is 18.2 Å². The Morgan fingerprint density at radius 2 is 2.05 bits per heavy atom. The topological polar surface area (TPSA) is 38.3 Å². The first-order valence-electron chi connectivity index (χ1n) is 6.86. The molecule has 1 N–H and O–H groups in total. The smallest absolute Gasteiger partial charge is 0.262 e. The summed E-state index contributed by atoms with van der Waals surface area (Å²) in [6, 6.07) is 11.9. The van der Waals surface area contributed by atoms with Crippen molar-refractivity contribution in [1.29, 1.82) is 0 Å². The molecule has 2 rings (SSSR count). The van der Waals surface area contributed by atoms with E-state index in [4.69, 9.17) is 4.74 Å². The average Bonchev–Trinajstić information content (AvgIpc) is 2.49. The van der Waals surface area contributed by atoms with Gasteiger partial charge in [-0.05, 0) is 48.7 Å². The minimum absolute atomic E-state index is 0.108. The quantitative estimate of drug-likeness (QED) is 0.910. The van der Waals surface area contributed by atoms with Crippen LogP contribution in [-0.2, 0) is 11.2 Å². The summed E-state index contributed by atoms with van der Waals surface area (Å²) in [5.41, 5.74) is 2.41. The van der Waals surface area contributed by atoms with E-state index in [0.29, 0.717) is 11.4 Å². The number of aryl methyl sites for hydroxylation is 2. The number of benzene rings is 2. The molecule has 0 saturated carbocycles. The fourth-order valence-electron chi connectivity index (χ4n) is 1.92. The molecule has 0 aromatic heterocycles. The molecule has 0 bridgehead atoms. The van der Waals surface area contributed by atoms with Crippen LogP contribution in [0.5, 0.6) is 5.75 Å². The van der Waals surface area contributed by atoms with Crippen LogP contribution in [0.1, 0.15) is 18.1 Å². The molecule has 0 fully saturated rings. The van der Waals surface area contributed by atoms with Gasteiger partial charge in [-0.3, -0.25) is 4.79 Å². The van der Waals surface area contributed by atoms with E-state index in [9.17, 15) is 9.18 Å². The van der Waals surface area contributed by atoms with E-state index in [1.165, 1.54) is 12.1 Å². The highest BCUT2D eigenvalue weighted by atomic mass is 19.1. The Morgan fingerprint density at radius 3 is 2.81 bits per heavy atom. The second kappa shape index (κ2) is 6.88. The summed E-state index contributed by atoms with van der Waals surface area (Å²) in [4.78, 5) is 11.8. The maximum atomic E-state index is 13.1. The molecule has 3 nitrogen and oxygen atoms in total. The largest absolute Gasteiger partial charge is 0.484 e. The van der Waals surface area contributed by atoms with Gasteiger partial charge in [0.2, 0.25) is 0 Å². The summed E-state index contributed by atoms with van der Waals surface area (Å²) >= 11 is 0. The number of hydrogen-bond donors (Lipinski definition) is 1. The first-order chi connectivity index (χ1) is 10.1. The normalized spacial score (nSPS) is 10.2. The molecule has 0 heterocycles. The van der Waals surface area contributed by atoms with Crippen molar-refractivity contribution in [1.82, 2.24) is 0 Å². The maximum Gasteiger partial charge on any atom is 0.262 e. The summed E-state index contributed by atoms with van der Waals surface area (Å²) in [6.45, 7) is 3.75. The molecule has 0 spiro atoms. The van der Waals surface area contributed by atoms with Crippen molar-refractivity contribution in [2.45, 2.75) is 20.3 Å². The molecule has 110 valence electrons. The third-order valence-electron chi connectivity index (χ3n) is 3.15. The van der Waals surface area contributed by atoms with Gasteiger partial charge in [0.15, 0.2) is 6.61 Å². The molecule has 0 aliphatic heterocycles. The highest BCUT2D eigenvalue weighted by Crippen LogP contribution is 2.17. The molecule has 4 heteroatoms. The lowest BCUT2D eigenvalue weighted by molar-refractivity contribution is -0.118. The van der Waals surface area contributed by atoms with E-state index >= 15 is 0 Å². The third-order valence-corrected chi connectivity index (χ3v) is 3.15. The van der Waals surface area contributed by atoms with Crippen LogP contribution in [0, 0.1) is 12.7 Å². The Balaban J connectivity index is 1.94. The first-order valence-corrected chi connectivity index (χ1v) is 6.86. The summed E-state index contributed by atoms with van der Waals surface area (Å²) in [5, 5.41) is 2.65. The van der Waals surface area contributed by atoms with E-state index in [1.54, 1.807) is 19.1 Å². The van der Waals surface area contributed by atoms with E-state index in [-0.39, 0.29) is 18.3 Å². The van der Waals surface area contributed by atoms with Gasteiger partial charge in [-0.25, -0.2) is 4.39 Å². The fourth-order valence-corrected chi connectivity index (χ4v) is 1.92. The molecule has 21 heavy (non-hydrogen) atoms. The van der Waals surface area contributed by atoms with Crippen LogP contribution in [0.4, 0.5) is 10.1 Å². The SMILES string of the molecule is CCc1cccc(OCC(=O)Nc2cc(F)ccc2C)c1. The Hall–Kier alpha value is -2.36. The van der Waals surface area contributed by atoms with Gasteiger partial charge in [0.05, 0.1) is 0 Å². The Bertz CT molecular complexity index is 640. The molecular formula is C17H18FNO2. The predicted molar refractivity (Wildman–Crippen MR) is 81.1 cm³/mol. The number of nitrogens with one attached hydrogen (secondary N) is 1. The lowest BCUT2D eigenvalue weighted by atomic mass is 10.2. The number of amides is 1. The number of halogens is 1. The van der Waals surface area contributed by atoms with Crippen molar-refractivity contribution >= 4 is 11.6 Å². The van der Waals surface area contributed by atoms with Gasteiger partial charge in [-0.15, -0.1) is 0 Å². The molecule has 2 aromatic carbocycles. The van der Waals surface area contributed by atoms with Crippen molar-refractivity contribution in [3.8, 4) is 5.75 Å². The van der Waals surface area contributed by atoms with Crippen molar-refractivity contribution in [2.75, 3.05) is 11.9 Å². The number of carbonyl (C=O) groups excluding carboxylic acids is 1. The van der Waals surface area contributed by atoms with Crippen LogP contribution in [0.3, 0.4) is 0 Å². The van der Waals surface area contributed by atoms with Crippen LogP contribution in [0.25, 0.3) is 0 Å². The zero-order valence-electron chi connectivity index (χ0n) is 12.2. The molecule has 0 atom stereocenters. The Kier molecular flexibility index (Phi) is 4.93. The van der Waals surface area contributed by atoms with Gasteiger partial charge in [0.25, 0.3) is 5.91 Å². The molecule has 2 aromatic rings. The number of rotatable bonds is 5. The fraction of sp³-hybridized carbons (Fsp3) is 0.235. The van der Waals surface area contributed by atoms with Gasteiger partial charge < -0.3 is 10.1 Å². The first kappa shape index (κ1) is 15.0. The van der Waals surface area contributed by atoms with Crippen molar-refractivity contribution in [3.63, 3.8) is 0 Å². The highest BCUT2D eigenvalue weighted by Gasteiger charge is 2.07. The third kappa shape index (κ3) is 4.31. The lowest BCUT2D eigenvalue weighted by Gasteiger charge is -2.10. The lowest BCUT2D eigenvalue weighted by Crippen LogP contribution is -2.20. The van der Waals surface area contributed by atoms with E-state index in [2.05, 4.69) is 12.2 Å². The van der Waals surface area contributed by atoms with Crippen molar-refractivity contribution < 1.29 is 13.9 Å². The molecule has 0 aliphatic rings. The molecule has 0 saturated heterocycles. The summed E-state index contributed by atoms with van der Waals surface area (Å²) in [6.07, 6.45) is 0.909. The Labute approximate surface area is 123 Å². The van der Waals surface area contributed by atoms with Crippen LogP contribution in [0.2, 0.25) is 0 Å². The van der Waals surface area contributed by atoms with Gasteiger partial charge in [-0.1, -0.05) is 25.1 Å². The predicted octanol–water partition coefficient (Wildman–Crippen LogP) is 3.71. The average molecular weight is 287 g/mol.